The van der Waals surface area contributed by atoms with Gasteiger partial charge >= 0.3 is 27.8 Å². The van der Waals surface area contributed by atoms with Crippen molar-refractivity contribution in [2.75, 3.05) is 34.3 Å². The number of epoxide rings is 1. The van der Waals surface area contributed by atoms with Crippen LogP contribution < -0.4 is 0 Å². The molecule has 1 aliphatic heterocycles. The molecular formula is C9H14F6NO5S+. The SMILES string of the molecule is C[N+](C)(C)CC1CO1.O=C(OS(=O)(=O)C(F)(F)F)C(F)(F)F. The van der Waals surface area contributed by atoms with Crippen molar-refractivity contribution in [2.45, 2.75) is 17.8 Å². The number of alkyl halides is 6. The van der Waals surface area contributed by atoms with E-state index in [0.717, 1.165) is 17.6 Å². The number of likely N-dealkylation sites (N-methyl/N-ethyl adjacent to an activating group) is 1. The van der Waals surface area contributed by atoms with Gasteiger partial charge < -0.3 is 13.4 Å². The van der Waals surface area contributed by atoms with Crippen molar-refractivity contribution < 1.29 is 53.0 Å². The quantitative estimate of drug-likeness (QED) is 0.247. The number of carbonyl (C=O) groups excluding carboxylic acids is 1. The lowest BCUT2D eigenvalue weighted by molar-refractivity contribution is -0.870. The molecule has 0 aromatic rings. The van der Waals surface area contributed by atoms with Crippen LogP contribution in [0.2, 0.25) is 0 Å². The first kappa shape index (κ1) is 20.9. The molecule has 1 saturated heterocycles. The summed E-state index contributed by atoms with van der Waals surface area (Å²) in [4.78, 5) is 9.70. The second-order valence-corrected chi connectivity index (χ2v) is 6.73. The fraction of sp³-hybridized carbons (Fsp3) is 0.889. The van der Waals surface area contributed by atoms with Crippen molar-refractivity contribution in [3.8, 4) is 0 Å². The summed E-state index contributed by atoms with van der Waals surface area (Å²) in [5.74, 6) is -3.45. The van der Waals surface area contributed by atoms with E-state index in [1.165, 1.54) is 0 Å². The topological polar surface area (TPSA) is 73.0 Å². The molecule has 1 aliphatic rings. The normalized spacial score (nSPS) is 19.0. The van der Waals surface area contributed by atoms with Crippen molar-refractivity contribution in [3.63, 3.8) is 0 Å². The molecule has 13 heteroatoms. The van der Waals surface area contributed by atoms with E-state index < -0.39 is 27.8 Å². The molecule has 1 rings (SSSR count). The van der Waals surface area contributed by atoms with E-state index in [2.05, 4.69) is 25.3 Å². The Labute approximate surface area is 122 Å². The van der Waals surface area contributed by atoms with Gasteiger partial charge in [-0.05, 0) is 0 Å². The van der Waals surface area contributed by atoms with Gasteiger partial charge in [0, 0.05) is 0 Å². The summed E-state index contributed by atoms with van der Waals surface area (Å²) in [7, 11) is -0.00299. The number of hydrogen-bond acceptors (Lipinski definition) is 5. The van der Waals surface area contributed by atoms with Crippen molar-refractivity contribution in [1.82, 2.24) is 0 Å². The molecule has 0 bridgehead atoms. The monoisotopic (exact) mass is 362 g/mol. The Morgan fingerprint density at radius 2 is 1.59 bits per heavy atom. The van der Waals surface area contributed by atoms with Crippen LogP contribution >= 0.6 is 0 Å². The van der Waals surface area contributed by atoms with Gasteiger partial charge in [0.15, 0.2) is 0 Å². The van der Waals surface area contributed by atoms with Crippen molar-refractivity contribution in [3.05, 3.63) is 0 Å². The zero-order valence-corrected chi connectivity index (χ0v) is 12.5. The molecule has 0 saturated carbocycles. The molecular weight excluding hydrogens is 348 g/mol. The van der Waals surface area contributed by atoms with E-state index in [1.54, 1.807) is 0 Å². The molecule has 0 radical (unpaired) electrons. The van der Waals surface area contributed by atoms with Gasteiger partial charge in [0.2, 0.25) is 0 Å². The number of quaternary nitrogens is 1. The Balaban J connectivity index is 0.000000461. The van der Waals surface area contributed by atoms with Crippen molar-refractivity contribution in [2.24, 2.45) is 0 Å². The standard InChI is InChI=1S/C6H14NO.C3F6O4S/c1-7(2,3)4-6-5-8-6;4-2(5,6)1(10)13-14(11,12)3(7,8)9/h6H,4-5H2,1-3H3;/q+1;. The van der Waals surface area contributed by atoms with Crippen molar-refractivity contribution in [1.29, 1.82) is 0 Å². The minimum atomic E-state index is -6.55. The minimum absolute atomic E-state index is 0.565. The molecule has 1 unspecified atom stereocenters. The highest BCUT2D eigenvalue weighted by molar-refractivity contribution is 7.88. The smallest absolute Gasteiger partial charge is 0.367 e. The van der Waals surface area contributed by atoms with Crippen LogP contribution in [0.3, 0.4) is 0 Å². The Hall–Kier alpha value is -1.08. The van der Waals surface area contributed by atoms with E-state index in [1.807, 2.05) is 0 Å². The molecule has 0 spiro atoms. The lowest BCUT2D eigenvalue weighted by Gasteiger charge is -2.22. The number of ether oxygens (including phenoxy) is 1. The van der Waals surface area contributed by atoms with Gasteiger partial charge in [-0.25, -0.2) is 4.79 Å². The third kappa shape index (κ3) is 8.38. The van der Waals surface area contributed by atoms with Crippen molar-refractivity contribution >= 4 is 16.1 Å². The minimum Gasteiger partial charge on any atom is -0.367 e. The average molecular weight is 362 g/mol. The van der Waals surface area contributed by atoms with Crippen LogP contribution in [0.25, 0.3) is 0 Å². The highest BCUT2D eigenvalue weighted by Gasteiger charge is 2.54. The fourth-order valence-corrected chi connectivity index (χ4v) is 1.37. The molecule has 22 heavy (non-hydrogen) atoms. The predicted octanol–water partition coefficient (Wildman–Crippen LogP) is 1.03. The van der Waals surface area contributed by atoms with Gasteiger partial charge in [0.05, 0.1) is 27.7 Å². The Morgan fingerprint density at radius 1 is 1.18 bits per heavy atom. The lowest BCUT2D eigenvalue weighted by atomic mass is 10.4. The molecule has 132 valence electrons. The third-order valence-corrected chi connectivity index (χ3v) is 2.79. The number of carbonyl (C=O) groups is 1. The van der Waals surface area contributed by atoms with Crippen LogP contribution in [0, 0.1) is 0 Å². The lowest BCUT2D eigenvalue weighted by Crippen LogP contribution is -2.37. The maximum absolute atomic E-state index is 11.3. The first-order valence-electron chi connectivity index (χ1n) is 5.50. The van der Waals surface area contributed by atoms with E-state index in [4.69, 9.17) is 4.74 Å². The van der Waals surface area contributed by atoms with E-state index >= 15 is 0 Å². The molecule has 0 aliphatic carbocycles. The largest absolute Gasteiger partial charge is 0.534 e. The Morgan fingerprint density at radius 3 is 1.77 bits per heavy atom. The summed E-state index contributed by atoms with van der Waals surface area (Å²) in [6.07, 6.45) is -5.24. The molecule has 0 amide bonds. The third-order valence-electron chi connectivity index (χ3n) is 1.85. The summed E-state index contributed by atoms with van der Waals surface area (Å²) in [6, 6.07) is 0. The number of halogens is 6. The number of rotatable bonds is 3. The predicted molar refractivity (Wildman–Crippen MR) is 59.8 cm³/mol. The summed E-state index contributed by atoms with van der Waals surface area (Å²) in [5.41, 5.74) is -6.08. The molecule has 1 fully saturated rings. The van der Waals surface area contributed by atoms with E-state index in [-0.39, 0.29) is 0 Å². The average Bonchev–Trinajstić information content (AvgIpc) is 2.95. The van der Waals surface area contributed by atoms with E-state index in [9.17, 15) is 39.6 Å². The molecule has 6 nitrogen and oxygen atoms in total. The fourth-order valence-electron chi connectivity index (χ4n) is 0.978. The van der Waals surface area contributed by atoms with Gasteiger partial charge in [0.1, 0.15) is 12.6 Å². The summed E-state index contributed by atoms with van der Waals surface area (Å²) < 4.78 is 95.9. The first-order valence-corrected chi connectivity index (χ1v) is 6.90. The van der Waals surface area contributed by atoms with Crippen LogP contribution in [0.4, 0.5) is 26.3 Å². The first-order chi connectivity index (χ1) is 9.46. The summed E-state index contributed by atoms with van der Waals surface area (Å²) in [5, 5.41) is 0. The van der Waals surface area contributed by atoms with Gasteiger partial charge in [-0.1, -0.05) is 0 Å². The molecule has 1 atom stereocenters. The van der Waals surface area contributed by atoms with Crippen LogP contribution in [0.5, 0.6) is 0 Å². The maximum atomic E-state index is 11.3. The van der Waals surface area contributed by atoms with Crippen LogP contribution in [-0.2, 0) is 23.8 Å². The van der Waals surface area contributed by atoms with Crippen LogP contribution in [-0.4, -0.2) is 71.0 Å². The molecule has 0 aromatic carbocycles. The molecule has 0 aromatic heterocycles. The van der Waals surface area contributed by atoms with Crippen LogP contribution in [0.1, 0.15) is 0 Å². The Kier molecular flexibility index (Phi) is 6.26. The second kappa shape index (κ2) is 6.58. The highest BCUT2D eigenvalue weighted by atomic mass is 32.2. The van der Waals surface area contributed by atoms with Gasteiger partial charge in [-0.2, -0.15) is 34.8 Å². The van der Waals surface area contributed by atoms with Crippen LogP contribution in [0.15, 0.2) is 0 Å². The van der Waals surface area contributed by atoms with E-state index in [0.29, 0.717) is 6.10 Å². The maximum Gasteiger partial charge on any atom is 0.534 e. The summed E-state index contributed by atoms with van der Waals surface area (Å²) >= 11 is 0. The van der Waals surface area contributed by atoms with Gasteiger partial charge in [-0.3, -0.25) is 0 Å². The molecule has 1 heterocycles. The zero-order valence-electron chi connectivity index (χ0n) is 11.7. The second-order valence-electron chi connectivity index (χ2n) is 5.20. The van der Waals surface area contributed by atoms with Gasteiger partial charge in [0.25, 0.3) is 0 Å². The highest BCUT2D eigenvalue weighted by Crippen LogP contribution is 2.27. The number of nitrogens with zero attached hydrogens (tertiary/aromatic N) is 1. The van der Waals surface area contributed by atoms with Gasteiger partial charge in [-0.15, -0.1) is 0 Å². The summed E-state index contributed by atoms with van der Waals surface area (Å²) in [6.45, 7) is 2.13. The zero-order chi connectivity index (χ0) is 18.0. The number of hydrogen-bond donors (Lipinski definition) is 0. The molecule has 0 N–H and O–H groups in total. The Bertz CT molecular complexity index is 488.